The summed E-state index contributed by atoms with van der Waals surface area (Å²) in [5.74, 6) is 0.773. The molecule has 7 heteroatoms. The summed E-state index contributed by atoms with van der Waals surface area (Å²) in [5, 5.41) is 0. The molecule has 1 aromatic carbocycles. The molecule has 1 N–H and O–H groups in total. The van der Waals surface area contributed by atoms with Crippen LogP contribution in [0, 0.1) is 0 Å². The van der Waals surface area contributed by atoms with E-state index in [0.29, 0.717) is 12.4 Å². The molecule has 5 heterocycles. The summed E-state index contributed by atoms with van der Waals surface area (Å²) in [7, 11) is 0. The fourth-order valence-corrected chi connectivity index (χ4v) is 5.66. The molecule has 2 fully saturated rings. The molecule has 3 aromatic heterocycles. The largest absolute Gasteiger partial charge is 0.489 e. The summed E-state index contributed by atoms with van der Waals surface area (Å²) in [6.07, 6.45) is 13.6. The lowest BCUT2D eigenvalue weighted by Crippen LogP contribution is -2.38. The van der Waals surface area contributed by atoms with Gasteiger partial charge in [0.05, 0.1) is 29.0 Å². The van der Waals surface area contributed by atoms with Gasteiger partial charge in [-0.25, -0.2) is 0 Å². The Hall–Kier alpha value is -3.97. The molecule has 0 aliphatic carbocycles. The Morgan fingerprint density at radius 3 is 2.76 bits per heavy atom. The van der Waals surface area contributed by atoms with Crippen LogP contribution in [0.1, 0.15) is 25.7 Å². The third-order valence-corrected chi connectivity index (χ3v) is 7.58. The number of pyridine rings is 2. The van der Waals surface area contributed by atoms with Crippen LogP contribution >= 0.6 is 0 Å². The first kappa shape index (κ1) is 24.4. The summed E-state index contributed by atoms with van der Waals surface area (Å²) in [6, 6.07) is 16.3. The topological polar surface area (TPSA) is 74.3 Å². The van der Waals surface area contributed by atoms with Crippen LogP contribution in [-0.2, 0) is 4.79 Å². The molecule has 0 unspecified atom stereocenters. The zero-order valence-electron chi connectivity index (χ0n) is 21.6. The van der Waals surface area contributed by atoms with Gasteiger partial charge in [-0.05, 0) is 62.5 Å². The number of nitrogens with one attached hydrogen (secondary N) is 1. The number of amides is 1. The minimum Gasteiger partial charge on any atom is -0.489 e. The van der Waals surface area contributed by atoms with E-state index in [4.69, 9.17) is 4.74 Å². The number of aromatic nitrogens is 3. The Morgan fingerprint density at radius 2 is 1.89 bits per heavy atom. The lowest BCUT2D eigenvalue weighted by Gasteiger charge is -2.24. The maximum atomic E-state index is 13.0. The van der Waals surface area contributed by atoms with Gasteiger partial charge in [-0.3, -0.25) is 19.7 Å². The number of nitrogens with zero attached hydrogens (tertiary/aromatic N) is 4. The van der Waals surface area contributed by atoms with Gasteiger partial charge in [0.25, 0.3) is 0 Å². The van der Waals surface area contributed by atoms with Crippen LogP contribution < -0.4 is 4.74 Å². The number of hydrogen-bond acceptors (Lipinski definition) is 5. The van der Waals surface area contributed by atoms with Crippen molar-refractivity contribution in [2.24, 2.45) is 0 Å². The zero-order valence-corrected chi connectivity index (χ0v) is 21.6. The van der Waals surface area contributed by atoms with Crippen molar-refractivity contribution in [2.45, 2.75) is 31.7 Å². The van der Waals surface area contributed by atoms with Crippen LogP contribution in [0.2, 0.25) is 0 Å². The van der Waals surface area contributed by atoms with Gasteiger partial charge in [0, 0.05) is 42.7 Å². The molecular formula is C31H33N5O2. The van der Waals surface area contributed by atoms with Crippen molar-refractivity contribution in [1.82, 2.24) is 24.8 Å². The van der Waals surface area contributed by atoms with Gasteiger partial charge in [-0.2, -0.15) is 0 Å². The van der Waals surface area contributed by atoms with Crippen LogP contribution in [0.15, 0.2) is 79.3 Å². The number of rotatable bonds is 8. The van der Waals surface area contributed by atoms with E-state index in [0.717, 1.165) is 72.4 Å². The van der Waals surface area contributed by atoms with Gasteiger partial charge in [0.1, 0.15) is 12.4 Å². The van der Waals surface area contributed by atoms with E-state index in [1.807, 2.05) is 53.6 Å². The Bertz CT molecular complexity index is 1420. The second-order valence-corrected chi connectivity index (χ2v) is 10.1. The number of carbonyl (C=O) groups is 1. The second-order valence-electron chi connectivity index (χ2n) is 10.1. The fraction of sp³-hybridized carbons (Fsp3) is 0.323. The van der Waals surface area contributed by atoms with Gasteiger partial charge in [-0.1, -0.05) is 36.4 Å². The smallest absolute Gasteiger partial charge is 0.246 e. The SMILES string of the molecule is O=C(/C=C/CN1CCCC1)N1CCC[C@H]1COc1cnccc1-c1[nH]c2cccnc2c1-c1ccccc1. The molecule has 2 aliphatic rings. The molecule has 194 valence electrons. The van der Waals surface area contributed by atoms with Gasteiger partial charge in [0.2, 0.25) is 5.91 Å². The van der Waals surface area contributed by atoms with E-state index in [1.165, 1.54) is 12.8 Å². The van der Waals surface area contributed by atoms with Crippen molar-refractivity contribution in [2.75, 3.05) is 32.8 Å². The van der Waals surface area contributed by atoms with Crippen LogP contribution in [0.25, 0.3) is 33.4 Å². The normalized spacial score (nSPS) is 18.1. The molecule has 6 rings (SSSR count). The summed E-state index contributed by atoms with van der Waals surface area (Å²) in [5.41, 5.74) is 5.90. The number of benzene rings is 1. The maximum Gasteiger partial charge on any atom is 0.246 e. The molecule has 38 heavy (non-hydrogen) atoms. The summed E-state index contributed by atoms with van der Waals surface area (Å²) >= 11 is 0. The Balaban J connectivity index is 1.22. The van der Waals surface area contributed by atoms with Crippen molar-refractivity contribution in [3.8, 4) is 28.1 Å². The second kappa shape index (κ2) is 11.2. The van der Waals surface area contributed by atoms with Gasteiger partial charge < -0.3 is 14.6 Å². The average Bonchev–Trinajstić information content (AvgIpc) is 3.72. The molecule has 0 spiro atoms. The first-order chi connectivity index (χ1) is 18.8. The number of ether oxygens (including phenoxy) is 1. The standard InChI is InChI=1S/C31H33N5O2/c37-28(13-8-19-35-17-4-5-18-35)36-20-7-11-24(36)22-38-27-21-32-16-14-25(27)30-29(23-9-2-1-3-10-23)31-26(34-30)12-6-15-33-31/h1-3,6,8-10,12-16,21,24,34H,4-5,7,11,17-20,22H2/b13-8+/t24-/m0/s1. The monoisotopic (exact) mass is 507 g/mol. The molecule has 1 atom stereocenters. The molecule has 2 saturated heterocycles. The Labute approximate surface area is 223 Å². The average molecular weight is 508 g/mol. The number of carbonyl (C=O) groups excluding carboxylic acids is 1. The highest BCUT2D eigenvalue weighted by Crippen LogP contribution is 2.40. The van der Waals surface area contributed by atoms with Crippen LogP contribution in [0.4, 0.5) is 0 Å². The van der Waals surface area contributed by atoms with Gasteiger partial charge >= 0.3 is 0 Å². The highest BCUT2D eigenvalue weighted by molar-refractivity contribution is 6.02. The minimum atomic E-state index is 0.0463. The van der Waals surface area contributed by atoms with Gasteiger partial charge in [0.15, 0.2) is 0 Å². The van der Waals surface area contributed by atoms with E-state index in [9.17, 15) is 4.79 Å². The van der Waals surface area contributed by atoms with Crippen LogP contribution in [-0.4, -0.2) is 69.5 Å². The third-order valence-electron chi connectivity index (χ3n) is 7.58. The molecule has 7 nitrogen and oxygen atoms in total. The van der Waals surface area contributed by atoms with Crippen LogP contribution in [0.5, 0.6) is 5.75 Å². The summed E-state index contributed by atoms with van der Waals surface area (Å²) < 4.78 is 6.40. The first-order valence-electron chi connectivity index (χ1n) is 13.6. The van der Waals surface area contributed by atoms with Gasteiger partial charge in [-0.15, -0.1) is 0 Å². The molecule has 2 aliphatic heterocycles. The summed E-state index contributed by atoms with van der Waals surface area (Å²) in [6.45, 7) is 4.31. The highest BCUT2D eigenvalue weighted by atomic mass is 16.5. The molecule has 0 bridgehead atoms. The van der Waals surface area contributed by atoms with Crippen LogP contribution in [0.3, 0.4) is 0 Å². The fourth-order valence-electron chi connectivity index (χ4n) is 5.66. The van der Waals surface area contributed by atoms with E-state index in [-0.39, 0.29) is 11.9 Å². The van der Waals surface area contributed by atoms with E-state index in [1.54, 1.807) is 18.5 Å². The van der Waals surface area contributed by atoms with Crippen molar-refractivity contribution in [1.29, 1.82) is 0 Å². The van der Waals surface area contributed by atoms with E-state index in [2.05, 4.69) is 32.0 Å². The minimum absolute atomic E-state index is 0.0463. The molecule has 0 saturated carbocycles. The molecule has 0 radical (unpaired) electrons. The predicted octanol–water partition coefficient (Wildman–Crippen LogP) is 5.31. The highest BCUT2D eigenvalue weighted by Gasteiger charge is 2.28. The maximum absolute atomic E-state index is 13.0. The number of H-pyrrole nitrogens is 1. The van der Waals surface area contributed by atoms with Crippen molar-refractivity contribution in [3.05, 3.63) is 79.3 Å². The lowest BCUT2D eigenvalue weighted by atomic mass is 10.0. The first-order valence-corrected chi connectivity index (χ1v) is 13.6. The molecule has 4 aromatic rings. The quantitative estimate of drug-likeness (QED) is 0.327. The number of hydrogen-bond donors (Lipinski definition) is 1. The molecular weight excluding hydrogens is 474 g/mol. The number of fused-ring (bicyclic) bond motifs is 1. The predicted molar refractivity (Wildman–Crippen MR) is 150 cm³/mol. The Morgan fingerprint density at radius 1 is 1.03 bits per heavy atom. The third kappa shape index (κ3) is 5.07. The van der Waals surface area contributed by atoms with E-state index >= 15 is 0 Å². The summed E-state index contributed by atoms with van der Waals surface area (Å²) in [4.78, 5) is 29.9. The number of likely N-dealkylation sites (tertiary alicyclic amines) is 2. The van der Waals surface area contributed by atoms with Crippen molar-refractivity contribution >= 4 is 16.9 Å². The van der Waals surface area contributed by atoms with Crippen molar-refractivity contribution < 1.29 is 9.53 Å². The number of aromatic amines is 1. The lowest BCUT2D eigenvalue weighted by molar-refractivity contribution is -0.127. The zero-order chi connectivity index (χ0) is 25.7. The molecule has 1 amide bonds. The Kier molecular flexibility index (Phi) is 7.18. The van der Waals surface area contributed by atoms with Crippen molar-refractivity contribution in [3.63, 3.8) is 0 Å². The van der Waals surface area contributed by atoms with E-state index < -0.39 is 0 Å².